The van der Waals surface area contributed by atoms with Gasteiger partial charge in [0.15, 0.2) is 11.5 Å². The van der Waals surface area contributed by atoms with E-state index in [1.807, 2.05) is 98.8 Å². The molecule has 0 saturated carbocycles. The minimum atomic E-state index is -0.120. The summed E-state index contributed by atoms with van der Waals surface area (Å²) >= 11 is 6.80. The molecular formula is C27H25NO3S2. The Morgan fingerprint density at radius 2 is 1.70 bits per heavy atom. The largest absolute Gasteiger partial charge is 0.490 e. The van der Waals surface area contributed by atoms with Crippen molar-refractivity contribution < 1.29 is 14.3 Å². The Morgan fingerprint density at radius 3 is 2.39 bits per heavy atom. The quantitative estimate of drug-likeness (QED) is 0.270. The van der Waals surface area contributed by atoms with Gasteiger partial charge in [-0.3, -0.25) is 9.69 Å². The maximum Gasteiger partial charge on any atom is 0.266 e. The zero-order chi connectivity index (χ0) is 23.2. The van der Waals surface area contributed by atoms with Crippen LogP contribution in [0.5, 0.6) is 11.5 Å². The van der Waals surface area contributed by atoms with Crippen LogP contribution in [0.3, 0.4) is 0 Å². The Labute approximate surface area is 204 Å². The molecule has 0 N–H and O–H groups in total. The molecule has 4 nitrogen and oxygen atoms in total. The summed E-state index contributed by atoms with van der Waals surface area (Å²) in [6, 6.07) is 25.6. The SMILES string of the molecule is CCOc1cc(/C=C2\SC(=S)N(Cc3ccccc3)C2=O)ccc1O[C@H](C)c1ccccc1. The van der Waals surface area contributed by atoms with Crippen LogP contribution in [0.25, 0.3) is 6.08 Å². The van der Waals surface area contributed by atoms with Crippen LogP contribution in [0, 0.1) is 0 Å². The summed E-state index contributed by atoms with van der Waals surface area (Å²) in [4.78, 5) is 15.2. The summed E-state index contributed by atoms with van der Waals surface area (Å²) in [5, 5.41) is 0. The van der Waals surface area contributed by atoms with Crippen molar-refractivity contribution in [2.75, 3.05) is 6.61 Å². The molecule has 0 aliphatic carbocycles. The Bertz CT molecular complexity index is 1160. The Kier molecular flexibility index (Phi) is 7.47. The van der Waals surface area contributed by atoms with E-state index in [2.05, 4.69) is 0 Å². The molecule has 1 aliphatic rings. The van der Waals surface area contributed by atoms with E-state index in [1.54, 1.807) is 4.90 Å². The molecule has 33 heavy (non-hydrogen) atoms. The van der Waals surface area contributed by atoms with Crippen LogP contribution in [0.4, 0.5) is 0 Å². The van der Waals surface area contributed by atoms with E-state index in [4.69, 9.17) is 21.7 Å². The molecule has 1 aliphatic heterocycles. The van der Waals surface area contributed by atoms with Gasteiger partial charge in [0, 0.05) is 0 Å². The van der Waals surface area contributed by atoms with Gasteiger partial charge in [-0.25, -0.2) is 0 Å². The molecule has 0 unspecified atom stereocenters. The predicted octanol–water partition coefficient (Wildman–Crippen LogP) is 6.63. The van der Waals surface area contributed by atoms with Crippen LogP contribution in [0.1, 0.15) is 36.6 Å². The van der Waals surface area contributed by atoms with Gasteiger partial charge in [-0.15, -0.1) is 0 Å². The number of carbonyl (C=O) groups is 1. The number of carbonyl (C=O) groups excluding carboxylic acids is 1. The van der Waals surface area contributed by atoms with E-state index in [1.165, 1.54) is 11.8 Å². The molecule has 0 spiro atoms. The normalized spacial score (nSPS) is 15.7. The number of nitrogens with zero attached hydrogens (tertiary/aromatic N) is 1. The summed E-state index contributed by atoms with van der Waals surface area (Å²) in [5.74, 6) is 1.24. The second kappa shape index (κ2) is 10.7. The standard InChI is InChI=1S/C27H25NO3S2/c1-3-30-24-16-21(14-15-23(24)31-19(2)22-12-8-5-9-13-22)17-25-26(29)28(27(32)33-25)18-20-10-6-4-7-11-20/h4-17,19H,3,18H2,1-2H3/b25-17-/t19-/m1/s1. The van der Waals surface area contributed by atoms with Gasteiger partial charge >= 0.3 is 0 Å². The first-order valence-corrected chi connectivity index (χ1v) is 12.1. The van der Waals surface area contributed by atoms with Crippen LogP contribution < -0.4 is 9.47 Å². The molecule has 1 fully saturated rings. The number of hydrogen-bond donors (Lipinski definition) is 0. The molecule has 0 bridgehead atoms. The molecule has 168 valence electrons. The summed E-state index contributed by atoms with van der Waals surface area (Å²) in [6.45, 7) is 4.93. The third-order valence-electron chi connectivity index (χ3n) is 5.20. The number of rotatable bonds is 8. The minimum Gasteiger partial charge on any atom is -0.490 e. The molecule has 0 aromatic heterocycles. The summed E-state index contributed by atoms with van der Waals surface area (Å²) in [7, 11) is 0. The van der Waals surface area contributed by atoms with Crippen LogP contribution in [0.15, 0.2) is 83.8 Å². The molecule has 1 amide bonds. The fourth-order valence-corrected chi connectivity index (χ4v) is 4.77. The van der Waals surface area contributed by atoms with Crippen molar-refractivity contribution in [1.29, 1.82) is 0 Å². The van der Waals surface area contributed by atoms with Crippen molar-refractivity contribution in [2.45, 2.75) is 26.5 Å². The summed E-state index contributed by atoms with van der Waals surface area (Å²) in [6.07, 6.45) is 1.74. The third kappa shape index (κ3) is 5.64. The molecular weight excluding hydrogens is 450 g/mol. The van der Waals surface area contributed by atoms with Crippen molar-refractivity contribution in [3.63, 3.8) is 0 Å². The van der Waals surface area contributed by atoms with Gasteiger partial charge in [0.25, 0.3) is 5.91 Å². The van der Waals surface area contributed by atoms with Gasteiger partial charge in [0.05, 0.1) is 18.1 Å². The van der Waals surface area contributed by atoms with Gasteiger partial charge in [0.2, 0.25) is 0 Å². The first-order valence-electron chi connectivity index (χ1n) is 10.8. The average Bonchev–Trinajstić information content (AvgIpc) is 3.09. The summed E-state index contributed by atoms with van der Waals surface area (Å²) in [5.41, 5.74) is 2.99. The minimum absolute atomic E-state index is 0.0789. The molecule has 1 saturated heterocycles. The number of thiocarbonyl (C=S) groups is 1. The Morgan fingerprint density at radius 1 is 1.00 bits per heavy atom. The molecule has 4 rings (SSSR count). The van der Waals surface area contributed by atoms with Gasteiger partial charge < -0.3 is 9.47 Å². The van der Waals surface area contributed by atoms with Crippen molar-refractivity contribution in [2.24, 2.45) is 0 Å². The maximum absolute atomic E-state index is 13.0. The molecule has 0 radical (unpaired) electrons. The molecule has 6 heteroatoms. The first kappa shape index (κ1) is 23.1. The zero-order valence-electron chi connectivity index (χ0n) is 18.6. The lowest BCUT2D eigenvalue weighted by Gasteiger charge is -2.18. The van der Waals surface area contributed by atoms with Crippen molar-refractivity contribution in [3.8, 4) is 11.5 Å². The highest BCUT2D eigenvalue weighted by atomic mass is 32.2. The highest BCUT2D eigenvalue weighted by molar-refractivity contribution is 8.26. The van der Waals surface area contributed by atoms with Crippen molar-refractivity contribution >= 4 is 40.3 Å². The van der Waals surface area contributed by atoms with Gasteiger partial charge in [-0.1, -0.05) is 90.7 Å². The zero-order valence-corrected chi connectivity index (χ0v) is 20.2. The summed E-state index contributed by atoms with van der Waals surface area (Å²) < 4.78 is 12.6. The lowest BCUT2D eigenvalue weighted by atomic mass is 10.1. The fraction of sp³-hybridized carbons (Fsp3) is 0.185. The topological polar surface area (TPSA) is 38.8 Å². The molecule has 3 aromatic rings. The smallest absolute Gasteiger partial charge is 0.266 e. The van der Waals surface area contributed by atoms with Crippen molar-refractivity contribution in [1.82, 2.24) is 4.90 Å². The number of thioether (sulfide) groups is 1. The Hall–Kier alpha value is -3.09. The maximum atomic E-state index is 13.0. The second-order valence-electron chi connectivity index (χ2n) is 7.56. The first-order chi connectivity index (χ1) is 16.0. The Balaban J connectivity index is 1.53. The van der Waals surface area contributed by atoms with E-state index >= 15 is 0 Å². The average molecular weight is 476 g/mol. The lowest BCUT2D eigenvalue weighted by molar-refractivity contribution is -0.122. The third-order valence-corrected chi connectivity index (χ3v) is 6.57. The van der Waals surface area contributed by atoms with Crippen molar-refractivity contribution in [3.05, 3.63) is 100 Å². The van der Waals surface area contributed by atoms with E-state index < -0.39 is 0 Å². The van der Waals surface area contributed by atoms with Gasteiger partial charge in [0.1, 0.15) is 10.4 Å². The fourth-order valence-electron chi connectivity index (χ4n) is 3.52. The second-order valence-corrected chi connectivity index (χ2v) is 9.24. The van der Waals surface area contributed by atoms with Crippen LogP contribution >= 0.6 is 24.0 Å². The molecule has 1 heterocycles. The highest BCUT2D eigenvalue weighted by Crippen LogP contribution is 2.36. The van der Waals surface area contributed by atoms with E-state index in [0.29, 0.717) is 33.9 Å². The molecule has 3 aromatic carbocycles. The predicted molar refractivity (Wildman–Crippen MR) is 138 cm³/mol. The number of ether oxygens (including phenoxy) is 2. The molecule has 1 atom stereocenters. The van der Waals surface area contributed by atoms with Crippen LogP contribution in [0.2, 0.25) is 0 Å². The highest BCUT2D eigenvalue weighted by Gasteiger charge is 2.32. The van der Waals surface area contributed by atoms with E-state index in [0.717, 1.165) is 16.7 Å². The van der Waals surface area contributed by atoms with Crippen LogP contribution in [-0.2, 0) is 11.3 Å². The number of amides is 1. The van der Waals surface area contributed by atoms with E-state index in [9.17, 15) is 4.79 Å². The van der Waals surface area contributed by atoms with Gasteiger partial charge in [-0.2, -0.15) is 0 Å². The number of benzene rings is 3. The van der Waals surface area contributed by atoms with Crippen LogP contribution in [-0.4, -0.2) is 21.7 Å². The van der Waals surface area contributed by atoms with E-state index in [-0.39, 0.29) is 12.0 Å². The monoisotopic (exact) mass is 475 g/mol. The lowest BCUT2D eigenvalue weighted by Crippen LogP contribution is -2.27. The van der Waals surface area contributed by atoms with Gasteiger partial charge in [-0.05, 0) is 48.7 Å². The number of hydrogen-bond acceptors (Lipinski definition) is 5.